The van der Waals surface area contributed by atoms with Crippen LogP contribution in [0.5, 0.6) is 5.75 Å². The quantitative estimate of drug-likeness (QED) is 0.667. The summed E-state index contributed by atoms with van der Waals surface area (Å²) in [5.74, 6) is 0.871. The van der Waals surface area contributed by atoms with Crippen molar-refractivity contribution in [1.29, 1.82) is 0 Å². The molecule has 2 aromatic carbocycles. The van der Waals surface area contributed by atoms with Gasteiger partial charge in [-0.3, -0.25) is 0 Å². The van der Waals surface area contributed by atoms with E-state index in [9.17, 15) is 8.42 Å². The number of nitrogens with one attached hydrogen (secondary N) is 1. The molecule has 0 fully saturated rings. The lowest BCUT2D eigenvalue weighted by atomic mass is 10.1. The SMILES string of the molecule is CCOc1cccc(CNC(C)c2ccc(S(=O)(=O)N(CC)CC)cc2)c1. The molecule has 1 N–H and O–H groups in total. The maximum Gasteiger partial charge on any atom is 0.243 e. The van der Waals surface area contributed by atoms with Crippen LogP contribution in [0.4, 0.5) is 0 Å². The van der Waals surface area contributed by atoms with Crippen LogP contribution in [0.1, 0.15) is 44.9 Å². The fourth-order valence-electron chi connectivity index (χ4n) is 2.94. The zero-order valence-electron chi connectivity index (χ0n) is 16.6. The van der Waals surface area contributed by atoms with Gasteiger partial charge in [-0.15, -0.1) is 0 Å². The van der Waals surface area contributed by atoms with Gasteiger partial charge in [0.25, 0.3) is 0 Å². The minimum absolute atomic E-state index is 0.103. The summed E-state index contributed by atoms with van der Waals surface area (Å²) >= 11 is 0. The van der Waals surface area contributed by atoms with Crippen LogP contribution in [-0.2, 0) is 16.6 Å². The fourth-order valence-corrected chi connectivity index (χ4v) is 4.40. The van der Waals surface area contributed by atoms with E-state index in [2.05, 4.69) is 18.3 Å². The third-order valence-electron chi connectivity index (χ3n) is 4.55. The summed E-state index contributed by atoms with van der Waals surface area (Å²) in [6.07, 6.45) is 0. The van der Waals surface area contributed by atoms with Crippen LogP contribution < -0.4 is 10.1 Å². The molecule has 27 heavy (non-hydrogen) atoms. The average Bonchev–Trinajstić information content (AvgIpc) is 2.67. The van der Waals surface area contributed by atoms with E-state index in [1.165, 1.54) is 4.31 Å². The van der Waals surface area contributed by atoms with Crippen LogP contribution in [0.3, 0.4) is 0 Å². The number of sulfonamides is 1. The lowest BCUT2D eigenvalue weighted by Gasteiger charge is -2.19. The van der Waals surface area contributed by atoms with Crippen LogP contribution in [0.15, 0.2) is 53.4 Å². The van der Waals surface area contributed by atoms with E-state index in [0.29, 0.717) is 31.1 Å². The molecule has 0 aliphatic rings. The Morgan fingerprint density at radius 3 is 2.30 bits per heavy atom. The van der Waals surface area contributed by atoms with Crippen molar-refractivity contribution < 1.29 is 13.2 Å². The third kappa shape index (κ3) is 5.54. The minimum Gasteiger partial charge on any atom is -0.494 e. The Hall–Kier alpha value is -1.89. The van der Waals surface area contributed by atoms with Gasteiger partial charge in [0.05, 0.1) is 11.5 Å². The molecular formula is C21H30N2O3S. The fraction of sp³-hybridized carbons (Fsp3) is 0.429. The molecule has 0 aliphatic carbocycles. The molecule has 1 atom stereocenters. The number of benzene rings is 2. The highest BCUT2D eigenvalue weighted by Gasteiger charge is 2.21. The smallest absolute Gasteiger partial charge is 0.243 e. The van der Waals surface area contributed by atoms with Crippen molar-refractivity contribution >= 4 is 10.0 Å². The van der Waals surface area contributed by atoms with E-state index in [4.69, 9.17) is 4.74 Å². The van der Waals surface area contributed by atoms with Crippen LogP contribution in [0.2, 0.25) is 0 Å². The second-order valence-electron chi connectivity index (χ2n) is 6.34. The normalized spacial score (nSPS) is 12.9. The monoisotopic (exact) mass is 390 g/mol. The Morgan fingerprint density at radius 1 is 1.04 bits per heavy atom. The van der Waals surface area contributed by atoms with Gasteiger partial charge in [-0.2, -0.15) is 4.31 Å². The maximum absolute atomic E-state index is 12.6. The number of hydrogen-bond donors (Lipinski definition) is 1. The zero-order chi connectivity index (χ0) is 19.9. The second kappa shape index (κ2) is 9.88. The number of rotatable bonds is 10. The molecule has 0 spiro atoms. The minimum atomic E-state index is -3.41. The molecule has 2 aromatic rings. The highest BCUT2D eigenvalue weighted by Crippen LogP contribution is 2.20. The lowest BCUT2D eigenvalue weighted by molar-refractivity contribution is 0.339. The van der Waals surface area contributed by atoms with Crippen molar-refractivity contribution in [3.8, 4) is 5.75 Å². The molecule has 6 heteroatoms. The van der Waals surface area contributed by atoms with E-state index in [-0.39, 0.29) is 6.04 Å². The van der Waals surface area contributed by atoms with E-state index in [1.54, 1.807) is 12.1 Å². The van der Waals surface area contributed by atoms with Crippen molar-refractivity contribution in [3.63, 3.8) is 0 Å². The summed E-state index contributed by atoms with van der Waals surface area (Å²) in [6.45, 7) is 10.0. The van der Waals surface area contributed by atoms with Gasteiger partial charge in [-0.1, -0.05) is 38.1 Å². The predicted octanol–water partition coefficient (Wildman–Crippen LogP) is 3.97. The first-order valence-corrected chi connectivity index (χ1v) is 10.9. The molecule has 0 aromatic heterocycles. The Kier molecular flexibility index (Phi) is 7.83. The molecule has 5 nitrogen and oxygen atoms in total. The molecule has 0 heterocycles. The van der Waals surface area contributed by atoms with Gasteiger partial charge in [0.2, 0.25) is 10.0 Å². The first-order chi connectivity index (χ1) is 12.9. The molecule has 1 unspecified atom stereocenters. The maximum atomic E-state index is 12.6. The van der Waals surface area contributed by atoms with Crippen molar-refractivity contribution in [3.05, 3.63) is 59.7 Å². The van der Waals surface area contributed by atoms with E-state index >= 15 is 0 Å². The Balaban J connectivity index is 2.03. The molecule has 0 saturated heterocycles. The third-order valence-corrected chi connectivity index (χ3v) is 6.61. The Labute approximate surface area is 163 Å². The second-order valence-corrected chi connectivity index (χ2v) is 8.28. The number of ether oxygens (including phenoxy) is 1. The van der Waals surface area contributed by atoms with Crippen molar-refractivity contribution in [2.24, 2.45) is 0 Å². The van der Waals surface area contributed by atoms with Gasteiger partial charge in [0, 0.05) is 25.7 Å². The van der Waals surface area contributed by atoms with Crippen LogP contribution >= 0.6 is 0 Å². The van der Waals surface area contributed by atoms with Gasteiger partial charge in [-0.25, -0.2) is 8.42 Å². The summed E-state index contributed by atoms with van der Waals surface area (Å²) in [5, 5.41) is 3.47. The predicted molar refractivity (Wildman–Crippen MR) is 109 cm³/mol. The Morgan fingerprint density at radius 2 is 1.70 bits per heavy atom. The molecule has 0 aliphatic heterocycles. The Bertz CT molecular complexity index is 816. The van der Waals surface area contributed by atoms with E-state index < -0.39 is 10.0 Å². The number of nitrogens with zero attached hydrogens (tertiary/aromatic N) is 1. The highest BCUT2D eigenvalue weighted by molar-refractivity contribution is 7.89. The van der Waals surface area contributed by atoms with Crippen LogP contribution in [0.25, 0.3) is 0 Å². The molecule has 0 radical (unpaired) electrons. The van der Waals surface area contributed by atoms with Gasteiger partial charge >= 0.3 is 0 Å². The first kappa shape index (κ1) is 21.4. The van der Waals surface area contributed by atoms with Gasteiger partial charge in [-0.05, 0) is 49.2 Å². The van der Waals surface area contributed by atoms with Crippen LogP contribution in [0, 0.1) is 0 Å². The standard InChI is InChI=1S/C21H30N2O3S/c1-5-23(6-2)27(24,25)21-13-11-19(12-14-21)17(4)22-16-18-9-8-10-20(15-18)26-7-3/h8-15,17,22H,5-7,16H2,1-4H3. The number of hydrogen-bond acceptors (Lipinski definition) is 4. The van der Waals surface area contributed by atoms with Gasteiger partial charge in [0.1, 0.15) is 5.75 Å². The lowest BCUT2D eigenvalue weighted by Crippen LogP contribution is -2.30. The average molecular weight is 391 g/mol. The molecule has 0 amide bonds. The highest BCUT2D eigenvalue weighted by atomic mass is 32.2. The first-order valence-electron chi connectivity index (χ1n) is 9.47. The summed E-state index contributed by atoms with van der Waals surface area (Å²) in [6, 6.07) is 15.3. The van der Waals surface area contributed by atoms with Crippen molar-refractivity contribution in [2.75, 3.05) is 19.7 Å². The summed E-state index contributed by atoms with van der Waals surface area (Å²) in [5.41, 5.74) is 2.20. The summed E-state index contributed by atoms with van der Waals surface area (Å²) in [4.78, 5) is 0.339. The van der Waals surface area contributed by atoms with Gasteiger partial charge in [0.15, 0.2) is 0 Å². The van der Waals surface area contributed by atoms with Crippen molar-refractivity contribution in [2.45, 2.75) is 45.2 Å². The van der Waals surface area contributed by atoms with E-state index in [1.807, 2.05) is 51.1 Å². The van der Waals surface area contributed by atoms with Crippen LogP contribution in [-0.4, -0.2) is 32.4 Å². The summed E-state index contributed by atoms with van der Waals surface area (Å²) < 4.78 is 32.1. The van der Waals surface area contributed by atoms with E-state index in [0.717, 1.165) is 16.9 Å². The molecule has 148 valence electrons. The molecule has 0 saturated carbocycles. The van der Waals surface area contributed by atoms with Crippen molar-refractivity contribution in [1.82, 2.24) is 9.62 Å². The zero-order valence-corrected chi connectivity index (χ0v) is 17.4. The molecule has 2 rings (SSSR count). The topological polar surface area (TPSA) is 58.6 Å². The largest absolute Gasteiger partial charge is 0.494 e. The van der Waals surface area contributed by atoms with Gasteiger partial charge < -0.3 is 10.1 Å². The molecule has 0 bridgehead atoms. The molecular weight excluding hydrogens is 360 g/mol. The summed E-state index contributed by atoms with van der Waals surface area (Å²) in [7, 11) is -3.41.